The molecule has 3 rings (SSSR count). The van der Waals surface area contributed by atoms with Crippen LogP contribution in [0.1, 0.15) is 25.1 Å². The lowest BCUT2D eigenvalue weighted by molar-refractivity contribution is 0.0359. The van der Waals surface area contributed by atoms with Crippen molar-refractivity contribution in [3.05, 3.63) is 36.1 Å². The molecule has 2 heterocycles. The second-order valence-corrected chi connectivity index (χ2v) is 6.15. The molecular formula is C18H26N2O2. The van der Waals surface area contributed by atoms with Crippen LogP contribution in [0, 0.1) is 0 Å². The van der Waals surface area contributed by atoms with Gasteiger partial charge in [-0.25, -0.2) is 0 Å². The van der Waals surface area contributed by atoms with Crippen LogP contribution in [0.2, 0.25) is 0 Å². The Labute approximate surface area is 132 Å². The second kappa shape index (κ2) is 7.27. The molecule has 1 atom stereocenters. The van der Waals surface area contributed by atoms with Crippen LogP contribution in [-0.4, -0.2) is 56.2 Å². The zero-order chi connectivity index (χ0) is 15.4. The third-order valence-electron chi connectivity index (χ3n) is 4.61. The van der Waals surface area contributed by atoms with Gasteiger partial charge in [0, 0.05) is 18.5 Å². The molecule has 0 aliphatic carbocycles. The van der Waals surface area contributed by atoms with Gasteiger partial charge in [0.15, 0.2) is 0 Å². The average Bonchev–Trinajstić information content (AvgIpc) is 2.99. The van der Waals surface area contributed by atoms with Crippen LogP contribution in [0.25, 0.3) is 11.0 Å². The van der Waals surface area contributed by atoms with Crippen molar-refractivity contribution >= 4 is 11.0 Å². The Kier molecular flexibility index (Phi) is 5.13. The minimum atomic E-state index is 0.303. The lowest BCUT2D eigenvalue weighted by Gasteiger charge is -2.28. The molecule has 22 heavy (non-hydrogen) atoms. The number of para-hydroxylation sites is 1. The van der Waals surface area contributed by atoms with Gasteiger partial charge in [-0.2, -0.15) is 0 Å². The van der Waals surface area contributed by atoms with Crippen molar-refractivity contribution in [2.75, 3.05) is 46.4 Å². The Morgan fingerprint density at radius 1 is 1.23 bits per heavy atom. The Hall–Kier alpha value is -1.36. The summed E-state index contributed by atoms with van der Waals surface area (Å²) in [6.45, 7) is 8.35. The first-order valence-corrected chi connectivity index (χ1v) is 8.23. The number of furan rings is 1. The van der Waals surface area contributed by atoms with Crippen LogP contribution in [0.4, 0.5) is 0 Å². The molecule has 1 aliphatic rings. The molecule has 0 unspecified atom stereocenters. The number of benzene rings is 1. The first-order valence-electron chi connectivity index (χ1n) is 8.23. The van der Waals surface area contributed by atoms with E-state index in [0.717, 1.165) is 50.7 Å². The van der Waals surface area contributed by atoms with Gasteiger partial charge in [0.25, 0.3) is 0 Å². The molecule has 1 saturated heterocycles. The van der Waals surface area contributed by atoms with Gasteiger partial charge >= 0.3 is 0 Å². The highest BCUT2D eigenvalue weighted by atomic mass is 16.5. The fraction of sp³-hybridized carbons (Fsp3) is 0.556. The van der Waals surface area contributed by atoms with Crippen LogP contribution in [0.5, 0.6) is 0 Å². The van der Waals surface area contributed by atoms with E-state index in [0.29, 0.717) is 6.04 Å². The number of hydrogen-bond acceptors (Lipinski definition) is 4. The number of fused-ring (bicyclic) bond motifs is 1. The molecule has 4 heteroatoms. The fourth-order valence-electron chi connectivity index (χ4n) is 2.99. The van der Waals surface area contributed by atoms with E-state index in [9.17, 15) is 0 Å². The van der Waals surface area contributed by atoms with Crippen molar-refractivity contribution in [3.8, 4) is 0 Å². The molecule has 120 valence electrons. The highest BCUT2D eigenvalue weighted by molar-refractivity contribution is 5.77. The van der Waals surface area contributed by atoms with Crippen molar-refractivity contribution < 1.29 is 9.15 Å². The van der Waals surface area contributed by atoms with E-state index in [1.165, 1.54) is 11.8 Å². The van der Waals surface area contributed by atoms with E-state index in [1.807, 2.05) is 12.1 Å². The summed E-state index contributed by atoms with van der Waals surface area (Å²) in [7, 11) is 2.18. The van der Waals surface area contributed by atoms with E-state index >= 15 is 0 Å². The monoisotopic (exact) mass is 302 g/mol. The summed E-state index contributed by atoms with van der Waals surface area (Å²) in [6.07, 6.45) is 1.18. The van der Waals surface area contributed by atoms with Crippen LogP contribution in [-0.2, 0) is 4.74 Å². The van der Waals surface area contributed by atoms with Gasteiger partial charge in [0.1, 0.15) is 11.3 Å². The third kappa shape index (κ3) is 3.69. The van der Waals surface area contributed by atoms with E-state index in [1.54, 1.807) is 0 Å². The van der Waals surface area contributed by atoms with Crippen molar-refractivity contribution in [2.24, 2.45) is 0 Å². The average molecular weight is 302 g/mol. The van der Waals surface area contributed by atoms with Crippen molar-refractivity contribution in [1.29, 1.82) is 0 Å². The Morgan fingerprint density at radius 3 is 2.77 bits per heavy atom. The van der Waals surface area contributed by atoms with Gasteiger partial charge in [-0.1, -0.05) is 18.2 Å². The van der Waals surface area contributed by atoms with Crippen molar-refractivity contribution in [2.45, 2.75) is 19.4 Å². The van der Waals surface area contributed by atoms with E-state index in [-0.39, 0.29) is 0 Å². The lowest BCUT2D eigenvalue weighted by atomic mass is 10.2. The Bertz CT molecular complexity index is 557. The second-order valence-electron chi connectivity index (χ2n) is 6.15. The highest BCUT2D eigenvalue weighted by Gasteiger charge is 2.16. The maximum Gasteiger partial charge on any atom is 0.134 e. The molecule has 0 N–H and O–H groups in total. The first-order chi connectivity index (χ1) is 10.7. The van der Waals surface area contributed by atoms with Crippen LogP contribution in [0.15, 0.2) is 34.7 Å². The normalized spacial score (nSPS) is 18.1. The molecule has 1 aromatic heterocycles. The third-order valence-corrected chi connectivity index (χ3v) is 4.61. The molecular weight excluding hydrogens is 276 g/mol. The number of morpholine rings is 1. The summed E-state index contributed by atoms with van der Waals surface area (Å²) in [5.74, 6) is 1.05. The van der Waals surface area contributed by atoms with Crippen LogP contribution in [0.3, 0.4) is 0 Å². The first kappa shape index (κ1) is 15.5. The Morgan fingerprint density at radius 2 is 2.00 bits per heavy atom. The van der Waals surface area contributed by atoms with Crippen molar-refractivity contribution in [1.82, 2.24) is 9.80 Å². The summed E-state index contributed by atoms with van der Waals surface area (Å²) in [6, 6.07) is 10.7. The van der Waals surface area contributed by atoms with E-state index < -0.39 is 0 Å². The molecule has 1 aromatic carbocycles. The summed E-state index contributed by atoms with van der Waals surface area (Å²) in [5, 5.41) is 1.19. The van der Waals surface area contributed by atoms with Crippen LogP contribution >= 0.6 is 0 Å². The highest BCUT2D eigenvalue weighted by Crippen LogP contribution is 2.26. The van der Waals surface area contributed by atoms with Gasteiger partial charge in [0.2, 0.25) is 0 Å². The maximum absolute atomic E-state index is 5.98. The smallest absolute Gasteiger partial charge is 0.134 e. The molecule has 4 nitrogen and oxygen atoms in total. The number of rotatable bonds is 6. The zero-order valence-corrected chi connectivity index (χ0v) is 13.6. The molecule has 1 fully saturated rings. The summed E-state index contributed by atoms with van der Waals surface area (Å²) in [5.41, 5.74) is 0.978. The predicted molar refractivity (Wildman–Crippen MR) is 89.1 cm³/mol. The summed E-state index contributed by atoms with van der Waals surface area (Å²) < 4.78 is 11.4. The zero-order valence-electron chi connectivity index (χ0n) is 13.6. The standard InChI is InChI=1S/C18H26N2O2/c1-15(18-14-16-6-3-4-7-17(16)22-18)19(2)8-5-9-20-10-12-21-13-11-20/h3-4,6-7,14-15H,5,8-13H2,1-2H3/t15-/m1/s1. The largest absolute Gasteiger partial charge is 0.459 e. The van der Waals surface area contributed by atoms with Gasteiger partial charge in [-0.05, 0) is 45.6 Å². The number of hydrogen-bond donors (Lipinski definition) is 0. The molecule has 2 aromatic rings. The van der Waals surface area contributed by atoms with Gasteiger partial charge in [0.05, 0.1) is 19.3 Å². The minimum Gasteiger partial charge on any atom is -0.459 e. The topological polar surface area (TPSA) is 28.9 Å². The van der Waals surface area contributed by atoms with E-state index in [4.69, 9.17) is 9.15 Å². The molecule has 0 radical (unpaired) electrons. The van der Waals surface area contributed by atoms with Crippen molar-refractivity contribution in [3.63, 3.8) is 0 Å². The molecule has 0 amide bonds. The summed E-state index contributed by atoms with van der Waals surface area (Å²) >= 11 is 0. The SMILES string of the molecule is C[C@H](c1cc2ccccc2o1)N(C)CCCN1CCOCC1. The van der Waals surface area contributed by atoms with Gasteiger partial charge in [-0.3, -0.25) is 9.80 Å². The van der Waals surface area contributed by atoms with Crippen LogP contribution < -0.4 is 0 Å². The maximum atomic E-state index is 5.98. The molecule has 0 bridgehead atoms. The molecule has 0 saturated carbocycles. The quantitative estimate of drug-likeness (QED) is 0.819. The number of ether oxygens (including phenoxy) is 1. The minimum absolute atomic E-state index is 0.303. The Balaban J connectivity index is 1.51. The lowest BCUT2D eigenvalue weighted by Crippen LogP contribution is -2.38. The predicted octanol–water partition coefficient (Wildman–Crippen LogP) is 3.15. The van der Waals surface area contributed by atoms with Gasteiger partial charge in [-0.15, -0.1) is 0 Å². The molecule has 0 spiro atoms. The fourth-order valence-corrected chi connectivity index (χ4v) is 2.99. The molecule has 1 aliphatic heterocycles. The van der Waals surface area contributed by atoms with Gasteiger partial charge < -0.3 is 9.15 Å². The van der Waals surface area contributed by atoms with E-state index in [2.05, 4.69) is 42.0 Å². The number of nitrogens with zero attached hydrogens (tertiary/aromatic N) is 2. The summed E-state index contributed by atoms with van der Waals surface area (Å²) in [4.78, 5) is 4.86.